The van der Waals surface area contributed by atoms with Gasteiger partial charge in [0, 0.05) is 24.1 Å². The third-order valence-electron chi connectivity index (χ3n) is 6.21. The zero-order valence-electron chi connectivity index (χ0n) is 19.5. The lowest BCUT2D eigenvalue weighted by atomic mass is 9.69. The van der Waals surface area contributed by atoms with Crippen LogP contribution in [0.1, 0.15) is 30.4 Å². The van der Waals surface area contributed by atoms with Crippen molar-refractivity contribution in [1.82, 2.24) is 4.90 Å². The maximum atomic E-state index is 13.0. The molecule has 1 fully saturated rings. The molecule has 1 saturated carbocycles. The van der Waals surface area contributed by atoms with Gasteiger partial charge in [0.1, 0.15) is 29.4 Å². The molecule has 35 heavy (non-hydrogen) atoms. The number of phenols is 1. The number of hydrogen-bond acceptors (Lipinski definition) is 9. The van der Waals surface area contributed by atoms with Crippen molar-refractivity contribution >= 4 is 34.8 Å². The fourth-order valence-electron chi connectivity index (χ4n) is 4.85. The number of nitrogens with zero attached hydrogens (tertiary/aromatic N) is 1. The standard InChI is InChI=1S/C24H29N3O8/c1-27(2)9-19(33)26-14-3-4-15(29)21-13(14)8-12-5-11(6-16(30)20(12)23(21)34)7-17(31)22(24(25)35)18(32)10-28/h3-4,11-12,28-29,31,34H,5-10H2,1-2H3,(H2,25,35)(H,26,33)/b22-17-/t11-,12?/m1/s1. The van der Waals surface area contributed by atoms with E-state index in [1.165, 1.54) is 12.1 Å². The molecule has 0 aliphatic heterocycles. The molecule has 0 saturated heterocycles. The molecule has 2 atom stereocenters. The number of carbonyl (C=O) groups is 4. The van der Waals surface area contributed by atoms with Crippen LogP contribution in [0.25, 0.3) is 5.76 Å². The lowest BCUT2D eigenvalue weighted by Gasteiger charge is -2.35. The van der Waals surface area contributed by atoms with Crippen LogP contribution in [-0.2, 0) is 25.6 Å². The van der Waals surface area contributed by atoms with Crippen LogP contribution in [0.15, 0.2) is 29.0 Å². The fourth-order valence-corrected chi connectivity index (χ4v) is 4.85. The van der Waals surface area contributed by atoms with Crippen LogP contribution in [0.4, 0.5) is 5.69 Å². The largest absolute Gasteiger partial charge is 0.511 e. The topological polar surface area (TPSA) is 190 Å². The summed E-state index contributed by atoms with van der Waals surface area (Å²) in [6, 6.07) is 2.86. The highest BCUT2D eigenvalue weighted by molar-refractivity contribution is 6.19. The van der Waals surface area contributed by atoms with Gasteiger partial charge in [0.25, 0.3) is 5.91 Å². The highest BCUT2D eigenvalue weighted by Crippen LogP contribution is 2.47. The minimum atomic E-state index is -1.18. The van der Waals surface area contributed by atoms with Gasteiger partial charge in [-0.2, -0.15) is 0 Å². The third-order valence-corrected chi connectivity index (χ3v) is 6.21. The van der Waals surface area contributed by atoms with E-state index in [0.717, 1.165) is 0 Å². The molecule has 2 amide bonds. The molecule has 1 aromatic rings. The molecule has 0 aromatic heterocycles. The van der Waals surface area contributed by atoms with E-state index >= 15 is 0 Å². The van der Waals surface area contributed by atoms with Gasteiger partial charge in [-0.1, -0.05) is 0 Å². The van der Waals surface area contributed by atoms with Crippen molar-refractivity contribution in [2.75, 3.05) is 32.6 Å². The SMILES string of the molecule is CN(C)CC(=O)Nc1ccc(O)c2c1CC1C[C@@H](C/C(O)=C(/C(N)=O)C(=O)CO)CC(=O)C1=C2O. The summed E-state index contributed by atoms with van der Waals surface area (Å²) >= 11 is 0. The maximum Gasteiger partial charge on any atom is 0.255 e. The Balaban J connectivity index is 1.93. The van der Waals surface area contributed by atoms with Gasteiger partial charge in [0.15, 0.2) is 11.6 Å². The Labute approximate surface area is 201 Å². The molecule has 11 heteroatoms. The van der Waals surface area contributed by atoms with Gasteiger partial charge in [0.2, 0.25) is 5.91 Å². The van der Waals surface area contributed by atoms with Crippen molar-refractivity contribution in [3.8, 4) is 5.75 Å². The summed E-state index contributed by atoms with van der Waals surface area (Å²) in [6.45, 7) is -0.884. The molecule has 188 valence electrons. The summed E-state index contributed by atoms with van der Waals surface area (Å²) in [6.07, 6.45) is 0.273. The van der Waals surface area contributed by atoms with Crippen molar-refractivity contribution < 1.29 is 39.6 Å². The number of aromatic hydroxyl groups is 1. The molecular formula is C24H29N3O8. The van der Waals surface area contributed by atoms with Crippen molar-refractivity contribution in [1.29, 1.82) is 0 Å². The Hall–Kier alpha value is -3.70. The van der Waals surface area contributed by atoms with E-state index in [1.807, 2.05) is 0 Å². The Morgan fingerprint density at radius 1 is 1.17 bits per heavy atom. The third kappa shape index (κ3) is 5.36. The van der Waals surface area contributed by atoms with Gasteiger partial charge in [-0.15, -0.1) is 0 Å². The first-order valence-corrected chi connectivity index (χ1v) is 11.1. The molecular weight excluding hydrogens is 458 g/mol. The smallest absolute Gasteiger partial charge is 0.255 e. The van der Waals surface area contributed by atoms with Gasteiger partial charge < -0.3 is 36.4 Å². The molecule has 3 rings (SSSR count). The minimum Gasteiger partial charge on any atom is -0.511 e. The van der Waals surface area contributed by atoms with Crippen LogP contribution >= 0.6 is 0 Å². The number of fused-ring (bicyclic) bond motifs is 2. The van der Waals surface area contributed by atoms with Crippen molar-refractivity contribution in [3.63, 3.8) is 0 Å². The van der Waals surface area contributed by atoms with E-state index in [9.17, 15) is 34.5 Å². The van der Waals surface area contributed by atoms with E-state index in [-0.39, 0.29) is 54.4 Å². The maximum absolute atomic E-state index is 13.0. The fraction of sp³-hybridized carbons (Fsp3) is 0.417. The van der Waals surface area contributed by atoms with Gasteiger partial charge in [-0.05, 0) is 56.5 Å². The van der Waals surface area contributed by atoms with Crippen LogP contribution in [0.2, 0.25) is 0 Å². The molecule has 1 unspecified atom stereocenters. The Morgan fingerprint density at radius 3 is 2.46 bits per heavy atom. The number of hydrogen-bond donors (Lipinski definition) is 6. The number of ketones is 2. The van der Waals surface area contributed by atoms with Gasteiger partial charge in [-0.3, -0.25) is 19.2 Å². The van der Waals surface area contributed by atoms with Gasteiger partial charge in [0.05, 0.1) is 12.1 Å². The highest BCUT2D eigenvalue weighted by atomic mass is 16.3. The molecule has 0 heterocycles. The Kier molecular flexibility index (Phi) is 7.61. The number of likely N-dealkylation sites (N-methyl/N-ethyl adjacent to an activating group) is 1. The number of carbonyl (C=O) groups excluding carboxylic acids is 4. The molecule has 2 aliphatic carbocycles. The van der Waals surface area contributed by atoms with Crippen molar-refractivity contribution in [2.24, 2.45) is 17.6 Å². The predicted octanol–water partition coefficient (Wildman–Crippen LogP) is 0.562. The van der Waals surface area contributed by atoms with Crippen LogP contribution in [0.5, 0.6) is 5.75 Å². The van der Waals surface area contributed by atoms with E-state index in [0.29, 0.717) is 17.7 Å². The zero-order chi connectivity index (χ0) is 26.0. The number of nitrogens with one attached hydrogen (secondary N) is 1. The number of aliphatic hydroxyl groups excluding tert-OH is 3. The zero-order valence-corrected chi connectivity index (χ0v) is 19.5. The van der Waals surface area contributed by atoms with E-state index < -0.39 is 47.2 Å². The molecule has 0 bridgehead atoms. The molecule has 0 spiro atoms. The average molecular weight is 488 g/mol. The highest BCUT2D eigenvalue weighted by Gasteiger charge is 2.40. The number of rotatable bonds is 8. The normalized spacial score (nSPS) is 20.2. The Bertz CT molecular complexity index is 1150. The number of Topliss-reactive ketones (excluding diaryl/α,β-unsaturated/α-hetero) is 2. The first-order valence-electron chi connectivity index (χ1n) is 11.1. The number of anilines is 1. The number of amides is 2. The van der Waals surface area contributed by atoms with E-state index in [1.54, 1.807) is 19.0 Å². The first-order chi connectivity index (χ1) is 16.4. The second-order valence-electron chi connectivity index (χ2n) is 9.14. The van der Waals surface area contributed by atoms with Crippen molar-refractivity contribution in [2.45, 2.75) is 25.7 Å². The number of primary amides is 1. The lowest BCUT2D eigenvalue weighted by Crippen LogP contribution is -2.33. The van der Waals surface area contributed by atoms with Crippen LogP contribution in [0, 0.1) is 11.8 Å². The molecule has 11 nitrogen and oxygen atoms in total. The van der Waals surface area contributed by atoms with E-state index in [2.05, 4.69) is 5.32 Å². The summed E-state index contributed by atoms with van der Waals surface area (Å²) in [7, 11) is 3.48. The molecule has 0 radical (unpaired) electrons. The predicted molar refractivity (Wildman–Crippen MR) is 125 cm³/mol. The Morgan fingerprint density at radius 2 is 1.86 bits per heavy atom. The summed E-state index contributed by atoms with van der Waals surface area (Å²) in [5, 5.41) is 43.5. The van der Waals surface area contributed by atoms with Crippen LogP contribution < -0.4 is 11.1 Å². The number of allylic oxidation sites excluding steroid dienone is 2. The van der Waals surface area contributed by atoms with Crippen molar-refractivity contribution in [3.05, 3.63) is 40.2 Å². The van der Waals surface area contributed by atoms with Crippen LogP contribution in [0.3, 0.4) is 0 Å². The van der Waals surface area contributed by atoms with Gasteiger partial charge >= 0.3 is 0 Å². The number of phenolic OH excluding ortho intramolecular Hbond substituents is 1. The summed E-state index contributed by atoms with van der Waals surface area (Å²) in [5.74, 6) is -5.02. The summed E-state index contributed by atoms with van der Waals surface area (Å²) in [4.78, 5) is 50.3. The number of benzene rings is 1. The van der Waals surface area contributed by atoms with Crippen LogP contribution in [-0.4, -0.2) is 76.0 Å². The molecule has 1 aromatic carbocycles. The quantitative estimate of drug-likeness (QED) is 0.1000. The average Bonchev–Trinajstić information content (AvgIpc) is 2.74. The lowest BCUT2D eigenvalue weighted by molar-refractivity contribution is -0.123. The second-order valence-corrected chi connectivity index (χ2v) is 9.14. The monoisotopic (exact) mass is 487 g/mol. The summed E-state index contributed by atoms with van der Waals surface area (Å²) < 4.78 is 0. The second kappa shape index (κ2) is 10.3. The van der Waals surface area contributed by atoms with E-state index in [4.69, 9.17) is 10.8 Å². The molecule has 2 aliphatic rings. The number of nitrogens with two attached hydrogens (primary N) is 1. The number of aliphatic hydroxyl groups is 3. The van der Waals surface area contributed by atoms with Gasteiger partial charge in [-0.25, -0.2) is 0 Å². The first kappa shape index (κ1) is 25.9. The molecule has 7 N–H and O–H groups in total. The summed E-state index contributed by atoms with van der Waals surface area (Å²) in [5.41, 5.74) is 5.60. The minimum absolute atomic E-state index is 0.0747.